The van der Waals surface area contributed by atoms with Crippen molar-refractivity contribution in [1.29, 1.82) is 0 Å². The molecule has 4 nitrogen and oxygen atoms in total. The van der Waals surface area contributed by atoms with E-state index in [2.05, 4.69) is 16.8 Å². The van der Waals surface area contributed by atoms with E-state index in [0.29, 0.717) is 12.1 Å². The minimum atomic E-state index is 0.171. The first kappa shape index (κ1) is 14.6. The summed E-state index contributed by atoms with van der Waals surface area (Å²) in [6.07, 6.45) is 4.72. The molecule has 1 aromatic heterocycles. The van der Waals surface area contributed by atoms with Gasteiger partial charge in [0, 0.05) is 24.2 Å². The Morgan fingerprint density at radius 1 is 1.05 bits per heavy atom. The predicted octanol–water partition coefficient (Wildman–Crippen LogP) is 2.90. The summed E-state index contributed by atoms with van der Waals surface area (Å²) in [4.78, 5) is 17.6. The predicted molar refractivity (Wildman–Crippen MR) is 82.6 cm³/mol. The molecular formula is C17H26N2O2. The second kappa shape index (κ2) is 5.48. The molecule has 3 rings (SSSR count). The molecule has 0 saturated carbocycles. The first-order valence-electron chi connectivity index (χ1n) is 8.08. The normalized spacial score (nSPS) is 26.8. The third kappa shape index (κ3) is 2.39. The lowest BCUT2D eigenvalue weighted by Crippen LogP contribution is -2.47. The van der Waals surface area contributed by atoms with E-state index in [9.17, 15) is 4.79 Å². The van der Waals surface area contributed by atoms with E-state index in [1.165, 1.54) is 12.8 Å². The Bertz CT molecular complexity index is 549. The van der Waals surface area contributed by atoms with Crippen LogP contribution in [-0.4, -0.2) is 47.9 Å². The Labute approximate surface area is 127 Å². The van der Waals surface area contributed by atoms with Crippen molar-refractivity contribution in [3.8, 4) is 0 Å². The number of carbonyl (C=O) groups is 1. The average molecular weight is 290 g/mol. The van der Waals surface area contributed by atoms with Crippen molar-refractivity contribution in [1.82, 2.24) is 9.80 Å². The number of furan rings is 1. The van der Waals surface area contributed by atoms with Crippen molar-refractivity contribution in [3.05, 3.63) is 22.6 Å². The maximum absolute atomic E-state index is 13.0. The van der Waals surface area contributed by atoms with Gasteiger partial charge in [0.25, 0.3) is 5.91 Å². The van der Waals surface area contributed by atoms with E-state index in [0.717, 1.165) is 48.6 Å². The molecule has 0 spiro atoms. The monoisotopic (exact) mass is 290 g/mol. The molecular weight excluding hydrogens is 264 g/mol. The highest BCUT2D eigenvalue weighted by Gasteiger charge is 2.39. The van der Waals surface area contributed by atoms with Gasteiger partial charge in [0.2, 0.25) is 0 Å². The second-order valence-electron chi connectivity index (χ2n) is 6.61. The molecule has 2 fully saturated rings. The molecule has 0 radical (unpaired) electrons. The number of amides is 1. The van der Waals surface area contributed by atoms with Gasteiger partial charge in [-0.3, -0.25) is 4.79 Å². The van der Waals surface area contributed by atoms with Crippen LogP contribution in [0.3, 0.4) is 0 Å². The van der Waals surface area contributed by atoms with Crippen LogP contribution in [0.5, 0.6) is 0 Å². The fourth-order valence-corrected chi connectivity index (χ4v) is 4.12. The molecule has 0 aliphatic carbocycles. The number of likely N-dealkylation sites (tertiary alicyclic amines) is 2. The Balaban J connectivity index is 1.86. The first-order chi connectivity index (χ1) is 10.0. The molecule has 2 unspecified atom stereocenters. The topological polar surface area (TPSA) is 36.7 Å². The largest absolute Gasteiger partial charge is 0.466 e. The van der Waals surface area contributed by atoms with Gasteiger partial charge < -0.3 is 14.2 Å². The highest BCUT2D eigenvalue weighted by Crippen LogP contribution is 2.32. The molecule has 2 aliphatic rings. The van der Waals surface area contributed by atoms with Gasteiger partial charge in [0.05, 0.1) is 5.56 Å². The summed E-state index contributed by atoms with van der Waals surface area (Å²) in [5, 5.41) is 0. The fraction of sp³-hybridized carbons (Fsp3) is 0.706. The number of likely N-dealkylation sites (N-methyl/N-ethyl adjacent to an activating group) is 1. The maximum atomic E-state index is 13.0. The van der Waals surface area contributed by atoms with E-state index in [-0.39, 0.29) is 5.91 Å². The van der Waals surface area contributed by atoms with Crippen LogP contribution in [0.4, 0.5) is 0 Å². The van der Waals surface area contributed by atoms with Gasteiger partial charge in [-0.15, -0.1) is 0 Å². The molecule has 2 atom stereocenters. The molecule has 2 aliphatic heterocycles. The van der Waals surface area contributed by atoms with Crippen LogP contribution < -0.4 is 0 Å². The molecule has 1 amide bonds. The molecule has 0 aromatic carbocycles. The lowest BCUT2D eigenvalue weighted by molar-refractivity contribution is 0.0662. The van der Waals surface area contributed by atoms with Crippen molar-refractivity contribution >= 4 is 5.91 Å². The van der Waals surface area contributed by atoms with Crippen LogP contribution in [0.2, 0.25) is 0 Å². The fourth-order valence-electron chi connectivity index (χ4n) is 4.12. The lowest BCUT2D eigenvalue weighted by Gasteiger charge is -2.33. The Kier molecular flexibility index (Phi) is 3.82. The Hall–Kier alpha value is -1.29. The van der Waals surface area contributed by atoms with Crippen molar-refractivity contribution < 1.29 is 9.21 Å². The van der Waals surface area contributed by atoms with Gasteiger partial charge in [0.1, 0.15) is 11.5 Å². The lowest BCUT2D eigenvalue weighted by atomic mass is 10.0. The van der Waals surface area contributed by atoms with Crippen LogP contribution >= 0.6 is 0 Å². The molecule has 1 aromatic rings. The number of nitrogens with zero attached hydrogens (tertiary/aromatic N) is 2. The van der Waals surface area contributed by atoms with Gasteiger partial charge in [-0.25, -0.2) is 0 Å². The third-order valence-corrected chi connectivity index (χ3v) is 5.36. The maximum Gasteiger partial charge on any atom is 0.257 e. The zero-order valence-electron chi connectivity index (χ0n) is 13.6. The summed E-state index contributed by atoms with van der Waals surface area (Å²) in [6.45, 7) is 7.88. The van der Waals surface area contributed by atoms with Crippen molar-refractivity contribution in [3.63, 3.8) is 0 Å². The van der Waals surface area contributed by atoms with Gasteiger partial charge >= 0.3 is 0 Å². The number of rotatable bonds is 2. The van der Waals surface area contributed by atoms with Crippen LogP contribution in [0.1, 0.15) is 53.1 Å². The highest BCUT2D eigenvalue weighted by atomic mass is 16.3. The van der Waals surface area contributed by atoms with Gasteiger partial charge in [0.15, 0.2) is 0 Å². The minimum absolute atomic E-state index is 0.171. The molecule has 21 heavy (non-hydrogen) atoms. The van der Waals surface area contributed by atoms with E-state index >= 15 is 0 Å². The molecule has 0 bridgehead atoms. The van der Waals surface area contributed by atoms with E-state index in [4.69, 9.17) is 4.42 Å². The summed E-state index contributed by atoms with van der Waals surface area (Å²) in [5.41, 5.74) is 1.79. The molecule has 0 N–H and O–H groups in total. The number of carbonyl (C=O) groups excluding carboxylic acids is 1. The highest BCUT2D eigenvalue weighted by molar-refractivity contribution is 5.97. The number of hydrogen-bond donors (Lipinski definition) is 0. The van der Waals surface area contributed by atoms with E-state index < -0.39 is 0 Å². The summed E-state index contributed by atoms with van der Waals surface area (Å²) < 4.78 is 5.65. The van der Waals surface area contributed by atoms with Gasteiger partial charge in [-0.05, 0) is 60.0 Å². The summed E-state index contributed by atoms with van der Waals surface area (Å²) >= 11 is 0. The summed E-state index contributed by atoms with van der Waals surface area (Å²) in [7, 11) is 2.19. The quantitative estimate of drug-likeness (QED) is 0.840. The average Bonchev–Trinajstić information content (AvgIpc) is 3.10. The minimum Gasteiger partial charge on any atom is -0.466 e. The summed E-state index contributed by atoms with van der Waals surface area (Å²) in [5.74, 6) is 1.80. The molecule has 3 heterocycles. The van der Waals surface area contributed by atoms with E-state index in [1.807, 2.05) is 20.8 Å². The zero-order valence-corrected chi connectivity index (χ0v) is 13.6. The van der Waals surface area contributed by atoms with Crippen LogP contribution in [0.25, 0.3) is 0 Å². The zero-order chi connectivity index (χ0) is 15.1. The molecule has 116 valence electrons. The standard InChI is InChI=1S/C17H26N2O2/c1-11-12(2)21-13(3)16(11)17(20)19-10-6-8-15(19)14-7-5-9-18(14)4/h14-15H,5-10H2,1-4H3. The Morgan fingerprint density at radius 3 is 2.29 bits per heavy atom. The molecule has 4 heteroatoms. The van der Waals surface area contributed by atoms with Crippen molar-refractivity contribution in [2.24, 2.45) is 0 Å². The van der Waals surface area contributed by atoms with Crippen molar-refractivity contribution in [2.75, 3.05) is 20.1 Å². The van der Waals surface area contributed by atoms with Crippen molar-refractivity contribution in [2.45, 2.75) is 58.5 Å². The van der Waals surface area contributed by atoms with Gasteiger partial charge in [-0.2, -0.15) is 0 Å². The number of hydrogen-bond acceptors (Lipinski definition) is 3. The first-order valence-corrected chi connectivity index (χ1v) is 8.08. The molecule has 2 saturated heterocycles. The van der Waals surface area contributed by atoms with Gasteiger partial charge in [-0.1, -0.05) is 0 Å². The SMILES string of the molecule is Cc1oc(C)c(C(=O)N2CCCC2C2CCCN2C)c1C. The Morgan fingerprint density at radius 2 is 1.71 bits per heavy atom. The smallest absolute Gasteiger partial charge is 0.257 e. The number of aryl methyl sites for hydroxylation is 2. The van der Waals surface area contributed by atoms with Crippen LogP contribution in [-0.2, 0) is 0 Å². The third-order valence-electron chi connectivity index (χ3n) is 5.36. The summed E-state index contributed by atoms with van der Waals surface area (Å²) in [6, 6.07) is 0.907. The van der Waals surface area contributed by atoms with Crippen LogP contribution in [0, 0.1) is 20.8 Å². The second-order valence-corrected chi connectivity index (χ2v) is 6.61. The van der Waals surface area contributed by atoms with E-state index in [1.54, 1.807) is 0 Å². The van der Waals surface area contributed by atoms with Crippen LogP contribution in [0.15, 0.2) is 4.42 Å².